The molecule has 5 rings (SSSR count). The van der Waals surface area contributed by atoms with Crippen LogP contribution in [0.2, 0.25) is 0 Å². The SMILES string of the molecule is CSc1cc2cc(-c3ccco3)ccc2n1-c1ccc(NC(=O)Cc2cccnc2)cc1. The van der Waals surface area contributed by atoms with Crippen molar-refractivity contribution in [2.45, 2.75) is 11.4 Å². The molecule has 5 nitrogen and oxygen atoms in total. The summed E-state index contributed by atoms with van der Waals surface area (Å²) in [5.41, 5.74) is 4.88. The average molecular weight is 440 g/mol. The first kappa shape index (κ1) is 20.2. The maximum atomic E-state index is 12.3. The number of hydrogen-bond donors (Lipinski definition) is 1. The third-order valence-electron chi connectivity index (χ3n) is 5.28. The molecule has 0 unspecified atom stereocenters. The van der Waals surface area contributed by atoms with Crippen molar-refractivity contribution in [1.82, 2.24) is 9.55 Å². The molecule has 0 saturated heterocycles. The van der Waals surface area contributed by atoms with Crippen molar-refractivity contribution < 1.29 is 9.21 Å². The minimum atomic E-state index is -0.0626. The molecule has 1 N–H and O–H groups in total. The summed E-state index contributed by atoms with van der Waals surface area (Å²) in [5.74, 6) is 0.796. The molecule has 6 heteroatoms. The lowest BCUT2D eigenvalue weighted by atomic mass is 10.1. The highest BCUT2D eigenvalue weighted by Gasteiger charge is 2.12. The Labute approximate surface area is 190 Å². The summed E-state index contributed by atoms with van der Waals surface area (Å²) < 4.78 is 7.78. The van der Waals surface area contributed by atoms with E-state index in [4.69, 9.17) is 4.42 Å². The summed E-state index contributed by atoms with van der Waals surface area (Å²) in [4.78, 5) is 16.4. The quantitative estimate of drug-likeness (QED) is 0.321. The molecule has 0 aliphatic rings. The zero-order valence-electron chi connectivity index (χ0n) is 17.5. The Hall–Kier alpha value is -3.77. The van der Waals surface area contributed by atoms with E-state index in [2.05, 4.69) is 45.4 Å². The molecule has 158 valence electrons. The van der Waals surface area contributed by atoms with E-state index < -0.39 is 0 Å². The van der Waals surface area contributed by atoms with Crippen LogP contribution in [-0.2, 0) is 11.2 Å². The number of carbonyl (C=O) groups excluding carboxylic acids is 1. The number of amides is 1. The van der Waals surface area contributed by atoms with Crippen LogP contribution >= 0.6 is 11.8 Å². The van der Waals surface area contributed by atoms with Gasteiger partial charge in [-0.25, -0.2) is 0 Å². The molecule has 1 amide bonds. The van der Waals surface area contributed by atoms with Crippen LogP contribution in [0.25, 0.3) is 27.9 Å². The molecule has 0 saturated carbocycles. The summed E-state index contributed by atoms with van der Waals surface area (Å²) in [6.45, 7) is 0. The Morgan fingerprint density at radius 1 is 1.06 bits per heavy atom. The van der Waals surface area contributed by atoms with Gasteiger partial charge in [0.15, 0.2) is 0 Å². The fourth-order valence-corrected chi connectivity index (χ4v) is 4.42. The molecule has 0 atom stereocenters. The predicted molar refractivity (Wildman–Crippen MR) is 129 cm³/mol. The summed E-state index contributed by atoms with van der Waals surface area (Å²) in [5, 5.41) is 5.25. The number of rotatable bonds is 6. The van der Waals surface area contributed by atoms with Gasteiger partial charge in [0.2, 0.25) is 5.91 Å². The summed E-state index contributed by atoms with van der Waals surface area (Å²) >= 11 is 1.70. The van der Waals surface area contributed by atoms with Gasteiger partial charge in [-0.2, -0.15) is 0 Å². The van der Waals surface area contributed by atoms with Crippen LogP contribution in [0.1, 0.15) is 5.56 Å². The molecule has 0 aliphatic heterocycles. The van der Waals surface area contributed by atoms with Crippen molar-refractivity contribution in [1.29, 1.82) is 0 Å². The van der Waals surface area contributed by atoms with Crippen LogP contribution in [0.4, 0.5) is 5.69 Å². The lowest BCUT2D eigenvalue weighted by Crippen LogP contribution is -2.14. The van der Waals surface area contributed by atoms with Gasteiger partial charge in [-0.15, -0.1) is 11.8 Å². The highest BCUT2D eigenvalue weighted by Crippen LogP contribution is 2.33. The van der Waals surface area contributed by atoms with Gasteiger partial charge in [-0.3, -0.25) is 9.78 Å². The van der Waals surface area contributed by atoms with Gasteiger partial charge in [0.05, 0.1) is 23.2 Å². The summed E-state index contributed by atoms with van der Waals surface area (Å²) in [6, 6.07) is 24.1. The van der Waals surface area contributed by atoms with E-state index >= 15 is 0 Å². The maximum Gasteiger partial charge on any atom is 0.228 e. The largest absolute Gasteiger partial charge is 0.464 e. The van der Waals surface area contributed by atoms with Gasteiger partial charge in [0.25, 0.3) is 0 Å². The first-order valence-electron chi connectivity index (χ1n) is 10.2. The smallest absolute Gasteiger partial charge is 0.228 e. The van der Waals surface area contributed by atoms with Gasteiger partial charge < -0.3 is 14.3 Å². The molecule has 0 bridgehead atoms. The highest BCUT2D eigenvalue weighted by molar-refractivity contribution is 7.98. The van der Waals surface area contributed by atoms with Crippen LogP contribution in [-0.4, -0.2) is 21.7 Å². The van der Waals surface area contributed by atoms with Crippen molar-refractivity contribution in [3.8, 4) is 17.0 Å². The molecule has 32 heavy (non-hydrogen) atoms. The molecule has 0 aliphatic carbocycles. The number of nitrogens with zero attached hydrogens (tertiary/aromatic N) is 2. The van der Waals surface area contributed by atoms with E-state index in [1.165, 1.54) is 0 Å². The third-order valence-corrected chi connectivity index (χ3v) is 6.00. The second kappa shape index (κ2) is 8.77. The van der Waals surface area contributed by atoms with Gasteiger partial charge >= 0.3 is 0 Å². The molecule has 3 aromatic heterocycles. The second-order valence-electron chi connectivity index (χ2n) is 7.41. The van der Waals surface area contributed by atoms with Crippen LogP contribution in [0.15, 0.2) is 101 Å². The van der Waals surface area contributed by atoms with Crippen molar-refractivity contribution in [2.24, 2.45) is 0 Å². The number of nitrogens with one attached hydrogen (secondary N) is 1. The number of carbonyl (C=O) groups is 1. The lowest BCUT2D eigenvalue weighted by molar-refractivity contribution is -0.115. The Bertz CT molecular complexity index is 1360. The fourth-order valence-electron chi connectivity index (χ4n) is 3.79. The fraction of sp³-hybridized carbons (Fsp3) is 0.0769. The molecule has 2 aromatic carbocycles. The van der Waals surface area contributed by atoms with Crippen LogP contribution < -0.4 is 5.32 Å². The van der Waals surface area contributed by atoms with Crippen LogP contribution in [0.3, 0.4) is 0 Å². The van der Waals surface area contributed by atoms with Crippen LogP contribution in [0, 0.1) is 0 Å². The van der Waals surface area contributed by atoms with Crippen molar-refractivity contribution in [3.05, 3.63) is 97.0 Å². The Morgan fingerprint density at radius 3 is 2.66 bits per heavy atom. The third kappa shape index (κ3) is 4.05. The number of pyridine rings is 1. The van der Waals surface area contributed by atoms with E-state index in [9.17, 15) is 4.79 Å². The number of furan rings is 1. The first-order chi connectivity index (χ1) is 15.7. The molecule has 0 radical (unpaired) electrons. The number of benzene rings is 2. The van der Waals surface area contributed by atoms with Gasteiger partial charge in [-0.1, -0.05) is 6.07 Å². The minimum absolute atomic E-state index is 0.0626. The normalized spacial score (nSPS) is 11.0. The monoisotopic (exact) mass is 439 g/mol. The van der Waals surface area contributed by atoms with Crippen molar-refractivity contribution >= 4 is 34.3 Å². The number of aromatic nitrogens is 2. The van der Waals surface area contributed by atoms with E-state index in [1.807, 2.05) is 48.5 Å². The van der Waals surface area contributed by atoms with Crippen LogP contribution in [0.5, 0.6) is 0 Å². The standard InChI is InChI=1S/C26H21N3O2S/c1-32-26-16-20-15-19(24-5-3-13-31-24)6-11-23(20)29(26)22-9-7-21(8-10-22)28-25(30)14-18-4-2-12-27-17-18/h2-13,15-17H,14H2,1H3,(H,28,30). The topological polar surface area (TPSA) is 60.1 Å². The number of hydrogen-bond acceptors (Lipinski definition) is 4. The van der Waals surface area contributed by atoms with E-state index in [0.717, 1.165) is 44.2 Å². The number of thioether (sulfide) groups is 1. The van der Waals surface area contributed by atoms with Gasteiger partial charge in [0.1, 0.15) is 5.76 Å². The van der Waals surface area contributed by atoms with E-state index in [-0.39, 0.29) is 5.91 Å². The first-order valence-corrected chi connectivity index (χ1v) is 11.5. The summed E-state index contributed by atoms with van der Waals surface area (Å²) in [6.07, 6.45) is 7.47. The Balaban J connectivity index is 1.40. The zero-order valence-corrected chi connectivity index (χ0v) is 18.3. The van der Waals surface area contributed by atoms with Gasteiger partial charge in [-0.05, 0) is 78.5 Å². The van der Waals surface area contributed by atoms with E-state index in [0.29, 0.717) is 6.42 Å². The molecule has 0 spiro atoms. The summed E-state index contributed by atoms with van der Waals surface area (Å²) in [7, 11) is 0. The van der Waals surface area contributed by atoms with Crippen molar-refractivity contribution in [3.63, 3.8) is 0 Å². The van der Waals surface area contributed by atoms with Crippen molar-refractivity contribution in [2.75, 3.05) is 11.6 Å². The van der Waals surface area contributed by atoms with E-state index in [1.54, 1.807) is 30.4 Å². The molecular formula is C26H21N3O2S. The van der Waals surface area contributed by atoms with Gasteiger partial charge in [0, 0.05) is 34.7 Å². The predicted octanol–water partition coefficient (Wildman–Crippen LogP) is 6.19. The molecule has 3 heterocycles. The molecule has 0 fully saturated rings. The minimum Gasteiger partial charge on any atom is -0.464 e. The Morgan fingerprint density at radius 2 is 1.94 bits per heavy atom. The zero-order chi connectivity index (χ0) is 21.9. The molecule has 5 aromatic rings. The highest BCUT2D eigenvalue weighted by atomic mass is 32.2. The number of anilines is 1. The Kier molecular flexibility index (Phi) is 5.52. The second-order valence-corrected chi connectivity index (χ2v) is 8.23. The lowest BCUT2D eigenvalue weighted by Gasteiger charge is -2.11. The maximum absolute atomic E-state index is 12.3. The number of fused-ring (bicyclic) bond motifs is 1. The average Bonchev–Trinajstić information content (AvgIpc) is 3.48. The molecular weight excluding hydrogens is 418 g/mol.